The molecule has 6 nitrogen and oxygen atoms in total. The summed E-state index contributed by atoms with van der Waals surface area (Å²) in [7, 11) is 0. The fourth-order valence-corrected chi connectivity index (χ4v) is 4.57. The molecule has 0 radical (unpaired) electrons. The molecule has 1 N–H and O–H groups in total. The van der Waals surface area contributed by atoms with Gasteiger partial charge in [-0.25, -0.2) is 14.4 Å². The Bertz CT molecular complexity index is 1560. The molecule has 168 valence electrons. The standard InChI is InChI=1S/C26H19FN4O2S/c1-16-29-23-5-3-2-4-22(23)25(33)31(16)20-12-8-18(9-13-20)24(32)30-26-28-15-21(34-26)14-17-6-10-19(27)11-7-17/h2-13,15H,14H2,1H3,(H,28,30,32). The Morgan fingerprint density at radius 1 is 1.03 bits per heavy atom. The van der Waals surface area contributed by atoms with Gasteiger partial charge in [0, 0.05) is 23.1 Å². The van der Waals surface area contributed by atoms with Crippen LogP contribution >= 0.6 is 11.3 Å². The van der Waals surface area contributed by atoms with Crippen LogP contribution in [-0.4, -0.2) is 20.4 Å². The van der Waals surface area contributed by atoms with E-state index in [4.69, 9.17) is 0 Å². The molecule has 1 amide bonds. The number of nitrogens with zero attached hydrogens (tertiary/aromatic N) is 3. The summed E-state index contributed by atoms with van der Waals surface area (Å²) in [6, 6.07) is 20.3. The Kier molecular flexibility index (Phi) is 5.73. The van der Waals surface area contributed by atoms with Crippen LogP contribution in [-0.2, 0) is 6.42 Å². The number of hydrogen-bond acceptors (Lipinski definition) is 5. The summed E-state index contributed by atoms with van der Waals surface area (Å²) >= 11 is 1.37. The number of carbonyl (C=O) groups excluding carboxylic acids is 1. The van der Waals surface area contributed by atoms with Gasteiger partial charge in [0.2, 0.25) is 0 Å². The molecule has 5 rings (SSSR count). The number of hydrogen-bond donors (Lipinski definition) is 1. The summed E-state index contributed by atoms with van der Waals surface area (Å²) in [4.78, 5) is 35.4. The molecule has 34 heavy (non-hydrogen) atoms. The number of amides is 1. The highest BCUT2D eigenvalue weighted by atomic mass is 32.1. The number of carbonyl (C=O) groups is 1. The Balaban J connectivity index is 1.32. The van der Waals surface area contributed by atoms with Crippen LogP contribution in [0.1, 0.15) is 26.6 Å². The fraction of sp³-hybridized carbons (Fsp3) is 0.0769. The number of aromatic nitrogens is 3. The summed E-state index contributed by atoms with van der Waals surface area (Å²) in [5.41, 5.74) is 2.54. The summed E-state index contributed by atoms with van der Waals surface area (Å²) < 4.78 is 14.6. The average molecular weight is 471 g/mol. The van der Waals surface area contributed by atoms with E-state index in [2.05, 4.69) is 15.3 Å². The number of para-hydroxylation sites is 1. The monoisotopic (exact) mass is 470 g/mol. The van der Waals surface area contributed by atoms with Crippen LogP contribution in [0.5, 0.6) is 0 Å². The SMILES string of the molecule is Cc1nc2ccccc2c(=O)n1-c1ccc(C(=O)Nc2ncc(Cc3ccc(F)cc3)s2)cc1. The van der Waals surface area contributed by atoms with E-state index >= 15 is 0 Å². The maximum atomic E-state index is 13.1. The first-order valence-electron chi connectivity index (χ1n) is 10.6. The number of aryl methyl sites for hydroxylation is 1. The number of rotatable bonds is 5. The Hall–Kier alpha value is -4.17. The van der Waals surface area contributed by atoms with Gasteiger partial charge in [-0.1, -0.05) is 24.3 Å². The van der Waals surface area contributed by atoms with Gasteiger partial charge in [-0.3, -0.25) is 19.5 Å². The zero-order valence-electron chi connectivity index (χ0n) is 18.2. The second kappa shape index (κ2) is 8.99. The van der Waals surface area contributed by atoms with Crippen LogP contribution in [0.15, 0.2) is 83.8 Å². The molecule has 0 fully saturated rings. The molecular formula is C26H19FN4O2S. The van der Waals surface area contributed by atoms with Crippen molar-refractivity contribution in [3.05, 3.63) is 117 Å². The molecule has 8 heteroatoms. The Morgan fingerprint density at radius 2 is 1.76 bits per heavy atom. The molecule has 3 aromatic carbocycles. The first-order valence-corrected chi connectivity index (χ1v) is 11.4. The average Bonchev–Trinajstić information content (AvgIpc) is 3.27. The number of nitrogens with one attached hydrogen (secondary N) is 1. The minimum atomic E-state index is -0.296. The highest BCUT2D eigenvalue weighted by Gasteiger charge is 2.13. The summed E-state index contributed by atoms with van der Waals surface area (Å²) in [6.07, 6.45) is 2.31. The third-order valence-corrected chi connectivity index (χ3v) is 6.31. The highest BCUT2D eigenvalue weighted by molar-refractivity contribution is 7.15. The molecule has 0 saturated heterocycles. The van der Waals surface area contributed by atoms with Gasteiger partial charge in [-0.2, -0.15) is 0 Å². The maximum absolute atomic E-state index is 13.1. The lowest BCUT2D eigenvalue weighted by molar-refractivity contribution is 0.102. The quantitative estimate of drug-likeness (QED) is 0.386. The molecule has 0 aliphatic heterocycles. The summed E-state index contributed by atoms with van der Waals surface area (Å²) in [5, 5.41) is 3.83. The lowest BCUT2D eigenvalue weighted by Gasteiger charge is -2.11. The van der Waals surface area contributed by atoms with E-state index in [1.165, 1.54) is 28.0 Å². The van der Waals surface area contributed by atoms with Crippen LogP contribution in [0.2, 0.25) is 0 Å². The van der Waals surface area contributed by atoms with E-state index in [1.807, 2.05) is 18.2 Å². The lowest BCUT2D eigenvalue weighted by Crippen LogP contribution is -2.22. The van der Waals surface area contributed by atoms with Crippen molar-refractivity contribution in [3.8, 4) is 5.69 Å². The molecule has 0 saturated carbocycles. The van der Waals surface area contributed by atoms with Gasteiger partial charge in [0.1, 0.15) is 11.6 Å². The van der Waals surface area contributed by atoms with E-state index in [0.717, 1.165) is 10.4 Å². The van der Waals surface area contributed by atoms with Crippen molar-refractivity contribution in [2.75, 3.05) is 5.32 Å². The number of thiazole rings is 1. The first-order chi connectivity index (χ1) is 16.5. The number of benzene rings is 3. The van der Waals surface area contributed by atoms with Gasteiger partial charge in [-0.15, -0.1) is 11.3 Å². The lowest BCUT2D eigenvalue weighted by atomic mass is 10.1. The van der Waals surface area contributed by atoms with Crippen LogP contribution < -0.4 is 10.9 Å². The Morgan fingerprint density at radius 3 is 2.53 bits per heavy atom. The van der Waals surface area contributed by atoms with E-state index in [1.54, 1.807) is 55.6 Å². The van der Waals surface area contributed by atoms with Crippen LogP contribution in [0.4, 0.5) is 9.52 Å². The molecule has 2 aromatic heterocycles. The van der Waals surface area contributed by atoms with Crippen LogP contribution in [0.25, 0.3) is 16.6 Å². The maximum Gasteiger partial charge on any atom is 0.265 e. The smallest absolute Gasteiger partial charge is 0.265 e. The van der Waals surface area contributed by atoms with Crippen molar-refractivity contribution in [1.82, 2.24) is 14.5 Å². The molecule has 0 unspecified atom stereocenters. The van der Waals surface area contributed by atoms with Crippen LogP contribution in [0, 0.1) is 12.7 Å². The fourth-order valence-electron chi connectivity index (χ4n) is 3.73. The Labute approximate surface area is 198 Å². The third kappa shape index (κ3) is 4.35. The largest absolute Gasteiger partial charge is 0.298 e. The summed E-state index contributed by atoms with van der Waals surface area (Å²) in [5.74, 6) is -0.00347. The van der Waals surface area contributed by atoms with Gasteiger partial charge in [0.05, 0.1) is 16.6 Å². The van der Waals surface area contributed by atoms with Crippen LogP contribution in [0.3, 0.4) is 0 Å². The molecule has 0 bridgehead atoms. The molecule has 2 heterocycles. The highest BCUT2D eigenvalue weighted by Crippen LogP contribution is 2.22. The molecule has 0 atom stereocenters. The second-order valence-electron chi connectivity index (χ2n) is 7.75. The third-order valence-electron chi connectivity index (χ3n) is 5.40. The van der Waals surface area contributed by atoms with Gasteiger partial charge < -0.3 is 0 Å². The summed E-state index contributed by atoms with van der Waals surface area (Å²) in [6.45, 7) is 1.78. The zero-order chi connectivity index (χ0) is 23.7. The van der Waals surface area contributed by atoms with E-state index in [-0.39, 0.29) is 17.3 Å². The molecule has 5 aromatic rings. The molecule has 0 aliphatic carbocycles. The predicted octanol–water partition coefficient (Wildman–Crippen LogP) is 5.13. The molecule has 0 aliphatic rings. The van der Waals surface area contributed by atoms with Gasteiger partial charge >= 0.3 is 0 Å². The molecular weight excluding hydrogens is 451 g/mol. The van der Waals surface area contributed by atoms with E-state index in [9.17, 15) is 14.0 Å². The second-order valence-corrected chi connectivity index (χ2v) is 8.87. The van der Waals surface area contributed by atoms with Gasteiger partial charge in [0.15, 0.2) is 5.13 Å². The van der Waals surface area contributed by atoms with Crippen molar-refractivity contribution in [1.29, 1.82) is 0 Å². The number of halogens is 1. The minimum Gasteiger partial charge on any atom is -0.298 e. The first kappa shape index (κ1) is 21.7. The van der Waals surface area contributed by atoms with Gasteiger partial charge in [-0.05, 0) is 61.0 Å². The van der Waals surface area contributed by atoms with Crippen molar-refractivity contribution in [3.63, 3.8) is 0 Å². The number of fused-ring (bicyclic) bond motifs is 1. The number of anilines is 1. The molecule has 0 spiro atoms. The van der Waals surface area contributed by atoms with E-state index < -0.39 is 0 Å². The predicted molar refractivity (Wildman–Crippen MR) is 131 cm³/mol. The zero-order valence-corrected chi connectivity index (χ0v) is 19.0. The van der Waals surface area contributed by atoms with Gasteiger partial charge in [0.25, 0.3) is 11.5 Å². The minimum absolute atomic E-state index is 0.156. The van der Waals surface area contributed by atoms with Crippen molar-refractivity contribution in [2.24, 2.45) is 0 Å². The normalized spacial score (nSPS) is 11.0. The van der Waals surface area contributed by atoms with Crippen molar-refractivity contribution in [2.45, 2.75) is 13.3 Å². The topological polar surface area (TPSA) is 76.9 Å². The van der Waals surface area contributed by atoms with Crippen molar-refractivity contribution < 1.29 is 9.18 Å². The van der Waals surface area contributed by atoms with Crippen molar-refractivity contribution >= 4 is 33.3 Å². The van der Waals surface area contributed by atoms with E-state index in [0.29, 0.717) is 39.5 Å².